The molecule has 14 heavy (non-hydrogen) atoms. The van der Waals surface area contributed by atoms with Crippen LogP contribution in [0.5, 0.6) is 0 Å². The molecule has 0 aromatic carbocycles. The third-order valence-corrected chi connectivity index (χ3v) is 2.63. The molecule has 0 spiro atoms. The van der Waals surface area contributed by atoms with Crippen LogP contribution in [0.2, 0.25) is 0 Å². The summed E-state index contributed by atoms with van der Waals surface area (Å²) in [5, 5.41) is 0. The molecule has 0 aliphatic carbocycles. The van der Waals surface area contributed by atoms with E-state index in [9.17, 15) is 4.57 Å². The van der Waals surface area contributed by atoms with Gasteiger partial charge in [-0.25, -0.2) is 4.57 Å². The summed E-state index contributed by atoms with van der Waals surface area (Å²) in [7, 11) is -4.09. The van der Waals surface area contributed by atoms with Gasteiger partial charge in [-0.1, -0.05) is 0 Å². The summed E-state index contributed by atoms with van der Waals surface area (Å²) in [6.45, 7) is -0.372. The summed E-state index contributed by atoms with van der Waals surface area (Å²) in [6, 6.07) is 0. The van der Waals surface area contributed by atoms with E-state index < -0.39 is 17.5 Å². The van der Waals surface area contributed by atoms with Crippen molar-refractivity contribution >= 4 is 54.2 Å². The molecule has 0 bridgehead atoms. The lowest BCUT2D eigenvalue weighted by molar-refractivity contribution is 0.153. The molecule has 0 aliphatic rings. The molecule has 0 radical (unpaired) electrons. The van der Waals surface area contributed by atoms with Gasteiger partial charge < -0.3 is 4.89 Å². The molecule has 0 rings (SSSR count). The van der Waals surface area contributed by atoms with Crippen LogP contribution in [-0.4, -0.2) is 27.8 Å². The lowest BCUT2D eigenvalue weighted by atomic mass is 10.5. The fraction of sp³-hybridized carbons (Fsp3) is 1.00. The van der Waals surface area contributed by atoms with Crippen LogP contribution in [0, 0.1) is 0 Å². The van der Waals surface area contributed by atoms with Crippen molar-refractivity contribution in [3.63, 3.8) is 0 Å². The molecule has 0 heterocycles. The van der Waals surface area contributed by atoms with Gasteiger partial charge in [-0.05, 0) is 0 Å². The Morgan fingerprint density at radius 3 is 2.14 bits per heavy atom. The second-order valence-electron chi connectivity index (χ2n) is 2.17. The monoisotopic (exact) mass is 304 g/mol. The van der Waals surface area contributed by atoms with Crippen LogP contribution in [0.25, 0.3) is 0 Å². The average molecular weight is 306 g/mol. The minimum atomic E-state index is -4.09. The smallest absolute Gasteiger partial charge is 0.302 e. The SMILES string of the molecule is O=P(O)(OCCC(Cl)Cl)OCC(Cl)Cl. The summed E-state index contributed by atoms with van der Waals surface area (Å²) in [5.41, 5.74) is 0. The van der Waals surface area contributed by atoms with Gasteiger partial charge in [0.05, 0.1) is 13.2 Å². The number of phosphoric ester groups is 1. The van der Waals surface area contributed by atoms with Crippen molar-refractivity contribution in [1.29, 1.82) is 0 Å². The Bertz CT molecular complexity index is 200. The largest absolute Gasteiger partial charge is 0.472 e. The summed E-state index contributed by atoms with van der Waals surface area (Å²) >= 11 is 21.3. The molecule has 1 unspecified atom stereocenters. The maximum atomic E-state index is 11.0. The highest BCUT2D eigenvalue weighted by atomic mass is 35.5. The predicted molar refractivity (Wildman–Crippen MR) is 57.3 cm³/mol. The van der Waals surface area contributed by atoms with Gasteiger partial charge in [0.25, 0.3) is 0 Å². The first-order valence-electron chi connectivity index (χ1n) is 3.51. The molecule has 0 saturated carbocycles. The van der Waals surface area contributed by atoms with Crippen molar-refractivity contribution < 1.29 is 18.5 Å². The van der Waals surface area contributed by atoms with E-state index in [1.165, 1.54) is 0 Å². The molecule has 1 N–H and O–H groups in total. The topological polar surface area (TPSA) is 55.8 Å². The van der Waals surface area contributed by atoms with Gasteiger partial charge in [0, 0.05) is 6.42 Å². The van der Waals surface area contributed by atoms with E-state index in [1.54, 1.807) is 0 Å². The summed E-state index contributed by atoms with van der Waals surface area (Å²) in [6.07, 6.45) is 0.224. The first kappa shape index (κ1) is 15.3. The van der Waals surface area contributed by atoms with Crippen LogP contribution < -0.4 is 0 Å². The Hall–Kier alpha value is 1.27. The maximum Gasteiger partial charge on any atom is 0.472 e. The molecule has 0 aromatic rings. The molecule has 0 saturated heterocycles. The molecule has 0 aromatic heterocycles. The maximum absolute atomic E-state index is 11.0. The molecule has 1 atom stereocenters. The van der Waals surface area contributed by atoms with E-state index in [-0.39, 0.29) is 19.6 Å². The van der Waals surface area contributed by atoms with Gasteiger partial charge in [-0.15, -0.1) is 46.4 Å². The number of hydrogen-bond acceptors (Lipinski definition) is 3. The quantitative estimate of drug-likeness (QED) is 0.580. The van der Waals surface area contributed by atoms with E-state index in [0.717, 1.165) is 0 Å². The molecular formula is C5H9Cl4O4P. The summed E-state index contributed by atoms with van der Waals surface area (Å²) in [4.78, 5) is 7.45. The van der Waals surface area contributed by atoms with Crippen LogP contribution in [0.3, 0.4) is 0 Å². The predicted octanol–water partition coefficient (Wildman–Crippen LogP) is 3.12. The Kier molecular flexibility index (Phi) is 8.21. The van der Waals surface area contributed by atoms with Gasteiger partial charge in [-0.2, -0.15) is 0 Å². The van der Waals surface area contributed by atoms with Gasteiger partial charge in [-0.3, -0.25) is 9.05 Å². The highest BCUT2D eigenvalue weighted by Crippen LogP contribution is 2.43. The third kappa shape index (κ3) is 9.81. The molecule has 9 heteroatoms. The molecule has 0 aliphatic heterocycles. The second-order valence-corrected chi connectivity index (χ2v) is 6.18. The Morgan fingerprint density at radius 2 is 1.71 bits per heavy atom. The highest BCUT2D eigenvalue weighted by Gasteiger charge is 2.22. The van der Waals surface area contributed by atoms with E-state index in [4.69, 9.17) is 51.3 Å². The number of halogens is 4. The Morgan fingerprint density at radius 1 is 1.14 bits per heavy atom. The van der Waals surface area contributed by atoms with Crippen LogP contribution in [0.15, 0.2) is 0 Å². The Labute approximate surface area is 102 Å². The first-order chi connectivity index (χ1) is 6.33. The number of alkyl halides is 4. The van der Waals surface area contributed by atoms with Crippen molar-refractivity contribution in [2.45, 2.75) is 16.1 Å². The Balaban J connectivity index is 3.67. The van der Waals surface area contributed by atoms with Gasteiger partial charge in [0.2, 0.25) is 0 Å². The van der Waals surface area contributed by atoms with Crippen LogP contribution in [0.4, 0.5) is 0 Å². The zero-order valence-electron chi connectivity index (χ0n) is 6.91. The number of hydrogen-bond donors (Lipinski definition) is 1. The minimum absolute atomic E-state index is 0.0827. The van der Waals surface area contributed by atoms with Crippen LogP contribution in [-0.2, 0) is 13.6 Å². The molecule has 86 valence electrons. The van der Waals surface area contributed by atoms with E-state index >= 15 is 0 Å². The van der Waals surface area contributed by atoms with Crippen molar-refractivity contribution in [3.8, 4) is 0 Å². The fourth-order valence-electron chi connectivity index (χ4n) is 0.445. The second kappa shape index (κ2) is 7.53. The van der Waals surface area contributed by atoms with Gasteiger partial charge >= 0.3 is 7.82 Å². The fourth-order valence-corrected chi connectivity index (χ4v) is 1.67. The van der Waals surface area contributed by atoms with Gasteiger partial charge in [0.15, 0.2) is 0 Å². The lowest BCUT2D eigenvalue weighted by Crippen LogP contribution is -2.04. The summed E-state index contributed by atoms with van der Waals surface area (Å²) < 4.78 is 19.9. The van der Waals surface area contributed by atoms with Crippen molar-refractivity contribution in [1.82, 2.24) is 0 Å². The van der Waals surface area contributed by atoms with Crippen LogP contribution >= 0.6 is 54.2 Å². The molecular weight excluding hydrogens is 297 g/mol. The first-order valence-corrected chi connectivity index (χ1v) is 6.76. The van der Waals surface area contributed by atoms with Crippen LogP contribution in [0.1, 0.15) is 6.42 Å². The zero-order valence-corrected chi connectivity index (χ0v) is 10.8. The molecule has 4 nitrogen and oxygen atoms in total. The number of rotatable bonds is 7. The van der Waals surface area contributed by atoms with Gasteiger partial charge in [0.1, 0.15) is 9.67 Å². The van der Waals surface area contributed by atoms with E-state index in [1.807, 2.05) is 0 Å². The summed E-state index contributed by atoms with van der Waals surface area (Å²) in [5.74, 6) is 0. The molecule has 0 fully saturated rings. The minimum Gasteiger partial charge on any atom is -0.302 e. The van der Waals surface area contributed by atoms with E-state index in [0.29, 0.717) is 0 Å². The van der Waals surface area contributed by atoms with Crippen molar-refractivity contribution in [2.24, 2.45) is 0 Å². The zero-order chi connectivity index (χ0) is 11.2. The molecule has 0 amide bonds. The highest BCUT2D eigenvalue weighted by molar-refractivity contribution is 7.47. The third-order valence-electron chi connectivity index (χ3n) is 0.954. The lowest BCUT2D eigenvalue weighted by Gasteiger charge is -2.12. The van der Waals surface area contributed by atoms with Crippen molar-refractivity contribution in [2.75, 3.05) is 13.2 Å². The van der Waals surface area contributed by atoms with E-state index in [2.05, 4.69) is 9.05 Å². The average Bonchev–Trinajstić information content (AvgIpc) is 2.00. The normalized spacial score (nSPS) is 16.2. The standard InChI is InChI=1S/C5H9Cl4O4P/c6-4(7)1-2-12-14(10,11)13-3-5(8)9/h4-5H,1-3H2,(H,10,11). The van der Waals surface area contributed by atoms with Crippen molar-refractivity contribution in [3.05, 3.63) is 0 Å². The number of phosphoric acid groups is 1.